The maximum Gasteiger partial charge on any atom is 0.309 e. The summed E-state index contributed by atoms with van der Waals surface area (Å²) in [5.41, 5.74) is -0.685. The molecule has 1 N–H and O–H groups in total. The van der Waals surface area contributed by atoms with Gasteiger partial charge in [-0.3, -0.25) is 4.79 Å². The minimum Gasteiger partial charge on any atom is -0.481 e. The van der Waals surface area contributed by atoms with Gasteiger partial charge in [0.1, 0.15) is 0 Å². The highest BCUT2D eigenvalue weighted by Gasteiger charge is 2.26. The third kappa shape index (κ3) is 4.49. The summed E-state index contributed by atoms with van der Waals surface area (Å²) in [6.07, 6.45) is 2.68. The van der Waals surface area contributed by atoms with Gasteiger partial charge in [0, 0.05) is 26.4 Å². The smallest absolute Gasteiger partial charge is 0.309 e. The Morgan fingerprint density at radius 1 is 1.44 bits per heavy atom. The molecule has 0 aromatic heterocycles. The molecular weight excluding hydrogens is 208 g/mol. The molecule has 0 bridgehead atoms. The van der Waals surface area contributed by atoms with E-state index >= 15 is 0 Å². The zero-order valence-electron chi connectivity index (χ0n) is 10.2. The predicted molar refractivity (Wildman–Crippen MR) is 60.4 cm³/mol. The molecule has 0 aromatic carbocycles. The van der Waals surface area contributed by atoms with E-state index in [0.717, 1.165) is 32.7 Å². The lowest BCUT2D eigenvalue weighted by molar-refractivity contribution is -0.148. The normalized spacial score (nSPS) is 18.6. The SMILES string of the molecule is CC(C)(CCOCC1CCOCC1)C(=O)O. The number of hydrogen-bond acceptors (Lipinski definition) is 3. The molecule has 1 aliphatic rings. The van der Waals surface area contributed by atoms with Crippen LogP contribution in [0.5, 0.6) is 0 Å². The largest absolute Gasteiger partial charge is 0.481 e. The molecule has 1 aliphatic heterocycles. The summed E-state index contributed by atoms with van der Waals surface area (Å²) in [4.78, 5) is 10.8. The molecule has 4 heteroatoms. The summed E-state index contributed by atoms with van der Waals surface area (Å²) in [7, 11) is 0. The number of rotatable bonds is 6. The second kappa shape index (κ2) is 6.21. The summed E-state index contributed by atoms with van der Waals surface area (Å²) in [6.45, 7) is 6.37. The highest BCUT2D eigenvalue weighted by molar-refractivity contribution is 5.73. The summed E-state index contributed by atoms with van der Waals surface area (Å²) in [6, 6.07) is 0. The Morgan fingerprint density at radius 2 is 2.06 bits per heavy atom. The zero-order chi connectivity index (χ0) is 12.0. The van der Waals surface area contributed by atoms with Crippen molar-refractivity contribution in [2.24, 2.45) is 11.3 Å². The van der Waals surface area contributed by atoms with Gasteiger partial charge < -0.3 is 14.6 Å². The Hall–Kier alpha value is -0.610. The second-order valence-corrected chi connectivity index (χ2v) is 5.07. The molecule has 94 valence electrons. The topological polar surface area (TPSA) is 55.8 Å². The van der Waals surface area contributed by atoms with Crippen molar-refractivity contribution in [2.75, 3.05) is 26.4 Å². The molecule has 1 fully saturated rings. The summed E-state index contributed by atoms with van der Waals surface area (Å²) in [5.74, 6) is -0.177. The molecule has 0 atom stereocenters. The first kappa shape index (κ1) is 13.5. The van der Waals surface area contributed by atoms with Crippen LogP contribution in [0.1, 0.15) is 33.1 Å². The van der Waals surface area contributed by atoms with E-state index in [9.17, 15) is 4.79 Å². The molecule has 0 radical (unpaired) electrons. The van der Waals surface area contributed by atoms with Crippen molar-refractivity contribution >= 4 is 5.97 Å². The van der Waals surface area contributed by atoms with Crippen LogP contribution in [0.3, 0.4) is 0 Å². The number of aliphatic carboxylic acids is 1. The molecule has 16 heavy (non-hydrogen) atoms. The van der Waals surface area contributed by atoms with E-state index in [1.54, 1.807) is 13.8 Å². The summed E-state index contributed by atoms with van der Waals surface area (Å²) >= 11 is 0. The number of carboxylic acid groups (broad SMARTS) is 1. The molecular formula is C12H22O4. The third-order valence-corrected chi connectivity index (χ3v) is 3.14. The van der Waals surface area contributed by atoms with Gasteiger partial charge in [0.2, 0.25) is 0 Å². The van der Waals surface area contributed by atoms with Crippen molar-refractivity contribution in [3.05, 3.63) is 0 Å². The summed E-state index contributed by atoms with van der Waals surface area (Å²) < 4.78 is 10.8. The molecule has 4 nitrogen and oxygen atoms in total. The lowest BCUT2D eigenvalue weighted by atomic mass is 9.90. The average molecular weight is 230 g/mol. The third-order valence-electron chi connectivity index (χ3n) is 3.14. The maximum absolute atomic E-state index is 10.8. The lowest BCUT2D eigenvalue weighted by Crippen LogP contribution is -2.26. The van der Waals surface area contributed by atoms with Gasteiger partial charge in [-0.15, -0.1) is 0 Å². The highest BCUT2D eigenvalue weighted by atomic mass is 16.5. The Labute approximate surface area is 96.9 Å². The van der Waals surface area contributed by atoms with E-state index in [2.05, 4.69) is 0 Å². The van der Waals surface area contributed by atoms with Gasteiger partial charge in [-0.05, 0) is 39.0 Å². The van der Waals surface area contributed by atoms with Crippen LogP contribution in [-0.4, -0.2) is 37.5 Å². The van der Waals surface area contributed by atoms with Crippen molar-refractivity contribution in [2.45, 2.75) is 33.1 Å². The standard InChI is InChI=1S/C12H22O4/c1-12(2,11(13)14)5-8-16-9-10-3-6-15-7-4-10/h10H,3-9H2,1-2H3,(H,13,14). The van der Waals surface area contributed by atoms with Gasteiger partial charge in [-0.1, -0.05) is 0 Å². The monoisotopic (exact) mass is 230 g/mol. The maximum atomic E-state index is 10.8. The molecule has 0 amide bonds. The fourth-order valence-electron chi connectivity index (χ4n) is 1.60. The average Bonchev–Trinajstić information content (AvgIpc) is 2.26. The zero-order valence-corrected chi connectivity index (χ0v) is 10.2. The predicted octanol–water partition coefficient (Wildman–Crippen LogP) is 1.93. The van der Waals surface area contributed by atoms with Crippen molar-refractivity contribution in [3.63, 3.8) is 0 Å². The minimum absolute atomic E-state index is 0.524. The molecule has 1 heterocycles. The Morgan fingerprint density at radius 3 is 2.62 bits per heavy atom. The molecule has 0 saturated carbocycles. The van der Waals surface area contributed by atoms with E-state index in [1.807, 2.05) is 0 Å². The van der Waals surface area contributed by atoms with Crippen LogP contribution in [0.15, 0.2) is 0 Å². The van der Waals surface area contributed by atoms with Crippen LogP contribution in [0.2, 0.25) is 0 Å². The van der Waals surface area contributed by atoms with E-state index in [4.69, 9.17) is 14.6 Å². The fourth-order valence-corrected chi connectivity index (χ4v) is 1.60. The van der Waals surface area contributed by atoms with Gasteiger partial charge in [0.25, 0.3) is 0 Å². The van der Waals surface area contributed by atoms with Crippen molar-refractivity contribution in [1.82, 2.24) is 0 Å². The van der Waals surface area contributed by atoms with E-state index < -0.39 is 11.4 Å². The fraction of sp³-hybridized carbons (Fsp3) is 0.917. The Bertz CT molecular complexity index is 219. The molecule has 0 unspecified atom stereocenters. The van der Waals surface area contributed by atoms with Crippen molar-refractivity contribution in [3.8, 4) is 0 Å². The number of carboxylic acids is 1. The highest BCUT2D eigenvalue weighted by Crippen LogP contribution is 2.21. The Kier molecular flexibility index (Phi) is 5.22. The first-order valence-electron chi connectivity index (χ1n) is 5.91. The number of ether oxygens (including phenoxy) is 2. The Balaban J connectivity index is 2.09. The minimum atomic E-state index is -0.762. The first-order chi connectivity index (χ1) is 7.52. The molecule has 1 saturated heterocycles. The van der Waals surface area contributed by atoms with Crippen LogP contribution in [0.4, 0.5) is 0 Å². The van der Waals surface area contributed by atoms with Crippen LogP contribution >= 0.6 is 0 Å². The van der Waals surface area contributed by atoms with Gasteiger partial charge >= 0.3 is 5.97 Å². The molecule has 1 rings (SSSR count). The van der Waals surface area contributed by atoms with E-state index in [1.165, 1.54) is 0 Å². The first-order valence-corrected chi connectivity index (χ1v) is 5.91. The number of carbonyl (C=O) groups is 1. The van der Waals surface area contributed by atoms with Gasteiger partial charge in [0.05, 0.1) is 5.41 Å². The van der Waals surface area contributed by atoms with Crippen LogP contribution in [0, 0.1) is 11.3 Å². The number of hydrogen-bond donors (Lipinski definition) is 1. The van der Waals surface area contributed by atoms with E-state index in [-0.39, 0.29) is 0 Å². The quantitative estimate of drug-likeness (QED) is 0.708. The molecule has 0 spiro atoms. The van der Waals surface area contributed by atoms with Gasteiger partial charge in [0.15, 0.2) is 0 Å². The van der Waals surface area contributed by atoms with E-state index in [0.29, 0.717) is 18.9 Å². The van der Waals surface area contributed by atoms with Crippen LogP contribution in [0.25, 0.3) is 0 Å². The second-order valence-electron chi connectivity index (χ2n) is 5.07. The van der Waals surface area contributed by atoms with Crippen molar-refractivity contribution in [1.29, 1.82) is 0 Å². The van der Waals surface area contributed by atoms with Crippen LogP contribution < -0.4 is 0 Å². The summed E-state index contributed by atoms with van der Waals surface area (Å²) in [5, 5.41) is 8.92. The molecule has 0 aromatic rings. The van der Waals surface area contributed by atoms with Crippen molar-refractivity contribution < 1.29 is 19.4 Å². The van der Waals surface area contributed by atoms with Gasteiger partial charge in [-0.25, -0.2) is 0 Å². The van der Waals surface area contributed by atoms with Gasteiger partial charge in [-0.2, -0.15) is 0 Å². The molecule has 0 aliphatic carbocycles. The lowest BCUT2D eigenvalue weighted by Gasteiger charge is -2.23. The van der Waals surface area contributed by atoms with Crippen LogP contribution in [-0.2, 0) is 14.3 Å².